The van der Waals surface area contributed by atoms with Gasteiger partial charge in [0.25, 0.3) is 0 Å². The molecule has 0 aliphatic rings. The van der Waals surface area contributed by atoms with Crippen molar-refractivity contribution in [3.05, 3.63) is 42.1 Å². The quantitative estimate of drug-likeness (QED) is 0.866. The van der Waals surface area contributed by atoms with E-state index in [1.54, 1.807) is 13.1 Å². The third kappa shape index (κ3) is 2.37. The molecule has 1 heterocycles. The predicted octanol–water partition coefficient (Wildman–Crippen LogP) is 2.12. The largest absolute Gasteiger partial charge is 0.393 e. The highest BCUT2D eigenvalue weighted by atomic mass is 16.3. The standard InChI is InChI=1S/C15H20N2O/c1-11(18)15(2,10-16)9-13-6-3-5-12-7-4-8-17-14(12)13/h3-8,11,18H,9-10,16H2,1-2H3. The third-order valence-corrected chi connectivity index (χ3v) is 3.79. The summed E-state index contributed by atoms with van der Waals surface area (Å²) in [6.07, 6.45) is 2.09. The van der Waals surface area contributed by atoms with Gasteiger partial charge in [0.05, 0.1) is 11.6 Å². The zero-order chi connectivity index (χ0) is 13.2. The first-order chi connectivity index (χ1) is 8.57. The van der Waals surface area contributed by atoms with Gasteiger partial charge in [-0.3, -0.25) is 4.98 Å². The highest BCUT2D eigenvalue weighted by Gasteiger charge is 2.29. The molecule has 2 aromatic rings. The molecule has 0 bridgehead atoms. The molecule has 0 fully saturated rings. The maximum absolute atomic E-state index is 9.90. The van der Waals surface area contributed by atoms with E-state index in [0.29, 0.717) is 6.54 Å². The number of aliphatic hydroxyl groups excluding tert-OH is 1. The second-order valence-electron chi connectivity index (χ2n) is 5.20. The Labute approximate surface area is 108 Å². The SMILES string of the molecule is CC(O)C(C)(CN)Cc1cccc2cccnc12. The Morgan fingerprint density at radius 1 is 1.33 bits per heavy atom. The fourth-order valence-corrected chi connectivity index (χ4v) is 2.14. The van der Waals surface area contributed by atoms with Gasteiger partial charge in [0.1, 0.15) is 0 Å². The highest BCUT2D eigenvalue weighted by Crippen LogP contribution is 2.28. The number of pyridine rings is 1. The van der Waals surface area contributed by atoms with E-state index in [4.69, 9.17) is 5.73 Å². The maximum atomic E-state index is 9.90. The highest BCUT2D eigenvalue weighted by molar-refractivity contribution is 5.81. The summed E-state index contributed by atoms with van der Waals surface area (Å²) in [5.41, 5.74) is 7.65. The van der Waals surface area contributed by atoms with E-state index in [1.807, 2.05) is 31.2 Å². The van der Waals surface area contributed by atoms with Crippen LogP contribution in [0.2, 0.25) is 0 Å². The minimum atomic E-state index is -0.443. The molecule has 2 atom stereocenters. The lowest BCUT2D eigenvalue weighted by Crippen LogP contribution is -2.39. The first-order valence-electron chi connectivity index (χ1n) is 6.27. The van der Waals surface area contributed by atoms with Gasteiger partial charge in [0, 0.05) is 23.5 Å². The fraction of sp³-hybridized carbons (Fsp3) is 0.400. The summed E-state index contributed by atoms with van der Waals surface area (Å²) in [5, 5.41) is 11.0. The van der Waals surface area contributed by atoms with Gasteiger partial charge in [-0.25, -0.2) is 0 Å². The molecule has 0 saturated heterocycles. The average molecular weight is 244 g/mol. The summed E-state index contributed by atoms with van der Waals surface area (Å²) in [6.45, 7) is 4.26. The van der Waals surface area contributed by atoms with Crippen molar-refractivity contribution in [3.8, 4) is 0 Å². The second kappa shape index (κ2) is 5.04. The van der Waals surface area contributed by atoms with E-state index in [9.17, 15) is 5.11 Å². The van der Waals surface area contributed by atoms with Gasteiger partial charge < -0.3 is 10.8 Å². The van der Waals surface area contributed by atoms with Gasteiger partial charge in [-0.2, -0.15) is 0 Å². The van der Waals surface area contributed by atoms with Crippen molar-refractivity contribution in [3.63, 3.8) is 0 Å². The Morgan fingerprint density at radius 2 is 2.06 bits per heavy atom. The molecule has 1 aromatic heterocycles. The van der Waals surface area contributed by atoms with Gasteiger partial charge in [-0.1, -0.05) is 31.2 Å². The van der Waals surface area contributed by atoms with Crippen molar-refractivity contribution >= 4 is 10.9 Å². The summed E-state index contributed by atoms with van der Waals surface area (Å²) >= 11 is 0. The molecule has 0 radical (unpaired) electrons. The number of para-hydroxylation sites is 1. The Morgan fingerprint density at radius 3 is 2.72 bits per heavy atom. The van der Waals surface area contributed by atoms with Crippen LogP contribution in [0, 0.1) is 5.41 Å². The van der Waals surface area contributed by atoms with Crippen LogP contribution in [0.15, 0.2) is 36.5 Å². The van der Waals surface area contributed by atoms with Crippen molar-refractivity contribution in [2.45, 2.75) is 26.4 Å². The number of aromatic nitrogens is 1. The van der Waals surface area contributed by atoms with Crippen LogP contribution in [-0.2, 0) is 6.42 Å². The topological polar surface area (TPSA) is 59.1 Å². The number of fused-ring (bicyclic) bond motifs is 1. The van der Waals surface area contributed by atoms with Crippen LogP contribution in [0.25, 0.3) is 10.9 Å². The van der Waals surface area contributed by atoms with Crippen molar-refractivity contribution in [1.29, 1.82) is 0 Å². The molecule has 0 spiro atoms. The lowest BCUT2D eigenvalue weighted by atomic mass is 9.79. The first kappa shape index (κ1) is 13.0. The van der Waals surface area contributed by atoms with Crippen LogP contribution in [0.4, 0.5) is 0 Å². The molecule has 96 valence electrons. The summed E-state index contributed by atoms with van der Waals surface area (Å²) in [7, 11) is 0. The Kier molecular flexibility index (Phi) is 3.64. The van der Waals surface area contributed by atoms with Crippen LogP contribution in [0.3, 0.4) is 0 Å². The van der Waals surface area contributed by atoms with Gasteiger partial charge in [-0.05, 0) is 25.0 Å². The van der Waals surface area contributed by atoms with E-state index in [0.717, 1.165) is 22.9 Å². The molecule has 0 saturated carbocycles. The van der Waals surface area contributed by atoms with Gasteiger partial charge in [0.2, 0.25) is 0 Å². The minimum Gasteiger partial charge on any atom is -0.393 e. The van der Waals surface area contributed by atoms with Crippen molar-refractivity contribution in [2.75, 3.05) is 6.54 Å². The normalized spacial score (nSPS) is 16.4. The van der Waals surface area contributed by atoms with Gasteiger partial charge in [0.15, 0.2) is 0 Å². The number of benzene rings is 1. The summed E-state index contributed by atoms with van der Waals surface area (Å²) in [5.74, 6) is 0. The van der Waals surface area contributed by atoms with E-state index in [1.165, 1.54) is 0 Å². The molecule has 0 aliphatic carbocycles. The average Bonchev–Trinajstić information content (AvgIpc) is 2.39. The Balaban J connectivity index is 2.43. The monoisotopic (exact) mass is 244 g/mol. The third-order valence-electron chi connectivity index (χ3n) is 3.79. The smallest absolute Gasteiger partial charge is 0.0734 e. The minimum absolute atomic E-state index is 0.314. The molecule has 0 amide bonds. The zero-order valence-electron chi connectivity index (χ0n) is 10.9. The van der Waals surface area contributed by atoms with Crippen molar-refractivity contribution in [1.82, 2.24) is 4.98 Å². The second-order valence-corrected chi connectivity index (χ2v) is 5.20. The lowest BCUT2D eigenvalue weighted by molar-refractivity contribution is 0.0591. The van der Waals surface area contributed by atoms with Gasteiger partial charge in [-0.15, -0.1) is 0 Å². The molecule has 3 heteroatoms. The van der Waals surface area contributed by atoms with Crippen LogP contribution >= 0.6 is 0 Å². The fourth-order valence-electron chi connectivity index (χ4n) is 2.14. The molecule has 18 heavy (non-hydrogen) atoms. The van der Waals surface area contributed by atoms with E-state index < -0.39 is 6.10 Å². The molecule has 1 aromatic carbocycles. The van der Waals surface area contributed by atoms with Crippen LogP contribution in [0.1, 0.15) is 19.4 Å². The summed E-state index contributed by atoms with van der Waals surface area (Å²) in [4.78, 5) is 4.44. The van der Waals surface area contributed by atoms with E-state index in [-0.39, 0.29) is 5.41 Å². The summed E-state index contributed by atoms with van der Waals surface area (Å²) in [6, 6.07) is 10.1. The lowest BCUT2D eigenvalue weighted by Gasteiger charge is -2.31. The number of nitrogens with two attached hydrogens (primary N) is 1. The Bertz CT molecular complexity index is 534. The summed E-state index contributed by atoms with van der Waals surface area (Å²) < 4.78 is 0. The number of hydrogen-bond acceptors (Lipinski definition) is 3. The Hall–Kier alpha value is -1.45. The van der Waals surface area contributed by atoms with Crippen LogP contribution in [-0.4, -0.2) is 22.7 Å². The molecular formula is C15H20N2O. The van der Waals surface area contributed by atoms with E-state index in [2.05, 4.69) is 11.1 Å². The van der Waals surface area contributed by atoms with Crippen molar-refractivity contribution < 1.29 is 5.11 Å². The molecular weight excluding hydrogens is 224 g/mol. The first-order valence-corrected chi connectivity index (χ1v) is 6.27. The van der Waals surface area contributed by atoms with Crippen LogP contribution in [0.5, 0.6) is 0 Å². The maximum Gasteiger partial charge on any atom is 0.0734 e. The molecule has 0 aliphatic heterocycles. The number of nitrogens with zero attached hydrogens (tertiary/aromatic N) is 1. The van der Waals surface area contributed by atoms with Crippen molar-refractivity contribution in [2.24, 2.45) is 11.1 Å². The van der Waals surface area contributed by atoms with Crippen LogP contribution < -0.4 is 5.73 Å². The predicted molar refractivity (Wildman–Crippen MR) is 74.3 cm³/mol. The van der Waals surface area contributed by atoms with E-state index >= 15 is 0 Å². The number of hydrogen-bond donors (Lipinski definition) is 2. The number of aliphatic hydroxyl groups is 1. The molecule has 3 N–H and O–H groups in total. The molecule has 2 unspecified atom stereocenters. The zero-order valence-corrected chi connectivity index (χ0v) is 10.9. The van der Waals surface area contributed by atoms with Gasteiger partial charge >= 0.3 is 0 Å². The molecule has 3 nitrogen and oxygen atoms in total. The molecule has 2 rings (SSSR count). The number of rotatable bonds is 4.